The topological polar surface area (TPSA) is 93.1 Å². The molecule has 108 valence electrons. The van der Waals surface area contributed by atoms with E-state index in [1.807, 2.05) is 0 Å². The lowest BCUT2D eigenvalue weighted by atomic mass is 10.3. The Kier molecular flexibility index (Phi) is 8.08. The summed E-state index contributed by atoms with van der Waals surface area (Å²) in [6, 6.07) is -0.357. The fourth-order valence-corrected chi connectivity index (χ4v) is 3.10. The van der Waals surface area contributed by atoms with Gasteiger partial charge >= 0.3 is 5.97 Å². The van der Waals surface area contributed by atoms with E-state index in [0.29, 0.717) is 0 Å². The van der Waals surface area contributed by atoms with Crippen molar-refractivity contribution in [3.05, 3.63) is 0 Å². The molecule has 0 heterocycles. The minimum absolute atomic E-state index is 0.184. The van der Waals surface area contributed by atoms with Crippen LogP contribution in [-0.4, -0.2) is 69.6 Å². The summed E-state index contributed by atoms with van der Waals surface area (Å²) in [6.07, 6.45) is -0.411. The first-order chi connectivity index (χ1) is 8.35. The molecular formula is C10H21NO6S. The Morgan fingerprint density at radius 2 is 1.94 bits per heavy atom. The Hall–Kier alpha value is -0.700. The third-order valence-corrected chi connectivity index (χ3v) is 4.32. The van der Waals surface area contributed by atoms with Gasteiger partial charge in [-0.15, -0.1) is 0 Å². The van der Waals surface area contributed by atoms with Gasteiger partial charge in [0.05, 0.1) is 25.4 Å². The molecule has 0 aromatic heterocycles. The lowest BCUT2D eigenvalue weighted by Crippen LogP contribution is -2.44. The molecule has 0 fully saturated rings. The summed E-state index contributed by atoms with van der Waals surface area (Å²) in [7, 11) is -0.662. The van der Waals surface area contributed by atoms with Crippen molar-refractivity contribution >= 4 is 16.0 Å². The van der Waals surface area contributed by atoms with E-state index in [2.05, 4.69) is 0 Å². The number of aliphatic carboxylic acids is 1. The number of carboxylic acid groups (broad SMARTS) is 1. The van der Waals surface area contributed by atoms with Crippen molar-refractivity contribution in [3.8, 4) is 0 Å². The number of hydrogen-bond acceptors (Lipinski definition) is 5. The second-order valence-electron chi connectivity index (χ2n) is 3.87. The largest absolute Gasteiger partial charge is 0.481 e. The van der Waals surface area contributed by atoms with Crippen LogP contribution in [0.4, 0.5) is 0 Å². The first kappa shape index (κ1) is 17.3. The average molecular weight is 283 g/mol. The summed E-state index contributed by atoms with van der Waals surface area (Å²) < 4.78 is 35.0. The summed E-state index contributed by atoms with van der Waals surface area (Å²) in [5, 5.41) is 8.54. The quantitative estimate of drug-likeness (QED) is 0.595. The maximum atomic E-state index is 12.0. The van der Waals surface area contributed by atoms with E-state index in [4.69, 9.17) is 14.6 Å². The number of sulfonamides is 1. The first-order valence-electron chi connectivity index (χ1n) is 5.54. The molecule has 0 saturated carbocycles. The van der Waals surface area contributed by atoms with Gasteiger partial charge in [0.1, 0.15) is 0 Å². The monoisotopic (exact) mass is 283 g/mol. The highest BCUT2D eigenvalue weighted by Crippen LogP contribution is 2.09. The lowest BCUT2D eigenvalue weighted by Gasteiger charge is -2.27. The van der Waals surface area contributed by atoms with E-state index in [1.165, 1.54) is 18.5 Å². The molecule has 18 heavy (non-hydrogen) atoms. The molecule has 0 rings (SSSR count). The van der Waals surface area contributed by atoms with E-state index < -0.39 is 28.2 Å². The Balaban J connectivity index is 4.75. The van der Waals surface area contributed by atoms with Crippen molar-refractivity contribution in [3.63, 3.8) is 0 Å². The molecule has 1 unspecified atom stereocenters. The zero-order valence-electron chi connectivity index (χ0n) is 11.0. The number of carboxylic acids is 1. The van der Waals surface area contributed by atoms with Crippen LogP contribution in [0, 0.1) is 0 Å². The standard InChI is InChI=1S/C10H21NO6S/c1-9(8-17-3)11(5-6-16-2)18(14,15)7-4-10(12)13/h9H,4-8H2,1-3H3,(H,12,13). The van der Waals surface area contributed by atoms with Crippen LogP contribution in [0.25, 0.3) is 0 Å². The van der Waals surface area contributed by atoms with Crippen LogP contribution in [0.2, 0.25) is 0 Å². The van der Waals surface area contributed by atoms with Crippen molar-refractivity contribution in [2.45, 2.75) is 19.4 Å². The number of ether oxygens (including phenoxy) is 2. The second-order valence-corrected chi connectivity index (χ2v) is 5.91. The molecule has 1 N–H and O–H groups in total. The van der Waals surface area contributed by atoms with Gasteiger partial charge in [-0.25, -0.2) is 8.42 Å². The zero-order chi connectivity index (χ0) is 14.2. The Morgan fingerprint density at radius 3 is 2.39 bits per heavy atom. The van der Waals surface area contributed by atoms with Crippen molar-refractivity contribution < 1.29 is 27.8 Å². The number of rotatable bonds is 10. The minimum Gasteiger partial charge on any atom is -0.481 e. The molecule has 8 heteroatoms. The maximum Gasteiger partial charge on any atom is 0.304 e. The van der Waals surface area contributed by atoms with Crippen LogP contribution in [0.3, 0.4) is 0 Å². The highest BCUT2D eigenvalue weighted by Gasteiger charge is 2.27. The molecule has 1 atom stereocenters. The predicted octanol–water partition coefficient (Wildman–Crippen LogP) is -0.226. The van der Waals surface area contributed by atoms with Crippen molar-refractivity contribution in [2.75, 3.05) is 39.7 Å². The Bertz CT molecular complexity index is 342. The third kappa shape index (κ3) is 6.29. The van der Waals surface area contributed by atoms with Crippen LogP contribution in [0.1, 0.15) is 13.3 Å². The molecule has 0 aromatic carbocycles. The van der Waals surface area contributed by atoms with Gasteiger partial charge in [0.2, 0.25) is 10.0 Å². The van der Waals surface area contributed by atoms with Crippen LogP contribution in [0.5, 0.6) is 0 Å². The molecule has 0 saturated heterocycles. The van der Waals surface area contributed by atoms with Crippen molar-refractivity contribution in [1.29, 1.82) is 0 Å². The summed E-state index contributed by atoms with van der Waals surface area (Å²) in [5.41, 5.74) is 0. The SMILES string of the molecule is COCCN(C(C)COC)S(=O)(=O)CCC(=O)O. The molecule has 0 amide bonds. The number of methoxy groups -OCH3 is 2. The van der Waals surface area contributed by atoms with Crippen LogP contribution < -0.4 is 0 Å². The van der Waals surface area contributed by atoms with Gasteiger partial charge in [0, 0.05) is 26.8 Å². The molecule has 0 aliphatic carbocycles. The molecule has 0 aromatic rings. The lowest BCUT2D eigenvalue weighted by molar-refractivity contribution is -0.136. The normalized spacial score (nSPS) is 13.8. The van der Waals surface area contributed by atoms with Gasteiger partial charge in [-0.05, 0) is 6.92 Å². The van der Waals surface area contributed by atoms with Crippen LogP contribution in [0.15, 0.2) is 0 Å². The van der Waals surface area contributed by atoms with Gasteiger partial charge in [-0.2, -0.15) is 4.31 Å². The van der Waals surface area contributed by atoms with Crippen LogP contribution >= 0.6 is 0 Å². The Morgan fingerprint density at radius 1 is 1.33 bits per heavy atom. The van der Waals surface area contributed by atoms with Gasteiger partial charge in [-0.1, -0.05) is 0 Å². The average Bonchev–Trinajstić information content (AvgIpc) is 2.27. The van der Waals surface area contributed by atoms with Gasteiger partial charge in [0.15, 0.2) is 0 Å². The molecule has 0 spiro atoms. The number of carbonyl (C=O) groups is 1. The van der Waals surface area contributed by atoms with Gasteiger partial charge in [-0.3, -0.25) is 4.79 Å². The Labute approximate surface area is 108 Å². The van der Waals surface area contributed by atoms with Gasteiger partial charge < -0.3 is 14.6 Å². The molecule has 0 radical (unpaired) electrons. The molecule has 0 bridgehead atoms. The first-order valence-corrected chi connectivity index (χ1v) is 7.15. The number of nitrogens with zero attached hydrogens (tertiary/aromatic N) is 1. The van der Waals surface area contributed by atoms with Crippen LogP contribution in [-0.2, 0) is 24.3 Å². The van der Waals surface area contributed by atoms with E-state index >= 15 is 0 Å². The second kappa shape index (κ2) is 8.41. The fourth-order valence-electron chi connectivity index (χ4n) is 1.47. The molecule has 7 nitrogen and oxygen atoms in total. The molecule has 0 aliphatic rings. The van der Waals surface area contributed by atoms with Crippen molar-refractivity contribution in [1.82, 2.24) is 4.31 Å². The number of hydrogen-bond donors (Lipinski definition) is 1. The van der Waals surface area contributed by atoms with E-state index in [0.717, 1.165) is 0 Å². The maximum absolute atomic E-state index is 12.0. The van der Waals surface area contributed by atoms with Gasteiger partial charge in [0.25, 0.3) is 0 Å². The van der Waals surface area contributed by atoms with E-state index in [9.17, 15) is 13.2 Å². The highest BCUT2D eigenvalue weighted by molar-refractivity contribution is 7.89. The highest BCUT2D eigenvalue weighted by atomic mass is 32.2. The smallest absolute Gasteiger partial charge is 0.304 e. The summed E-state index contributed by atoms with van der Waals surface area (Å²) >= 11 is 0. The van der Waals surface area contributed by atoms with Crippen molar-refractivity contribution in [2.24, 2.45) is 0 Å². The minimum atomic E-state index is -3.62. The molecular weight excluding hydrogens is 262 g/mol. The third-order valence-electron chi connectivity index (χ3n) is 2.35. The van der Waals surface area contributed by atoms with E-state index in [1.54, 1.807) is 6.92 Å². The predicted molar refractivity (Wildman–Crippen MR) is 66.0 cm³/mol. The summed E-state index contributed by atoms with van der Waals surface area (Å²) in [4.78, 5) is 10.4. The summed E-state index contributed by atoms with van der Waals surface area (Å²) in [5.74, 6) is -1.55. The summed E-state index contributed by atoms with van der Waals surface area (Å²) in [6.45, 7) is 2.39. The zero-order valence-corrected chi connectivity index (χ0v) is 11.8. The van der Waals surface area contributed by atoms with E-state index in [-0.39, 0.29) is 25.8 Å². The molecule has 0 aliphatic heterocycles. The fraction of sp³-hybridized carbons (Fsp3) is 0.900.